The van der Waals surface area contributed by atoms with Gasteiger partial charge in [0.2, 0.25) is 5.91 Å². The molecule has 2 saturated heterocycles. The molecule has 0 spiro atoms. The molecule has 2 fully saturated rings. The first kappa shape index (κ1) is 17.8. The van der Waals surface area contributed by atoms with Crippen LogP contribution in [0.1, 0.15) is 43.9 Å². The zero-order valence-electron chi connectivity index (χ0n) is 14.7. The van der Waals surface area contributed by atoms with Gasteiger partial charge >= 0.3 is 6.03 Å². The quantitative estimate of drug-likeness (QED) is 0.847. The van der Waals surface area contributed by atoms with E-state index in [1.54, 1.807) is 11.2 Å². The highest BCUT2D eigenvalue weighted by atomic mass is 16.3. The molecule has 138 valence electrons. The fraction of sp³-hybridized carbons (Fsp3) is 0.667. The lowest BCUT2D eigenvalue weighted by atomic mass is 9.96. The van der Waals surface area contributed by atoms with E-state index in [2.05, 4.69) is 10.2 Å². The van der Waals surface area contributed by atoms with E-state index >= 15 is 0 Å². The van der Waals surface area contributed by atoms with E-state index in [4.69, 9.17) is 10.2 Å². The van der Waals surface area contributed by atoms with Crippen LogP contribution in [0.25, 0.3) is 0 Å². The van der Waals surface area contributed by atoms with Crippen LogP contribution < -0.4 is 11.1 Å². The fourth-order valence-electron chi connectivity index (χ4n) is 3.82. The highest BCUT2D eigenvalue weighted by Gasteiger charge is 2.29. The van der Waals surface area contributed by atoms with Crippen molar-refractivity contribution in [1.29, 1.82) is 0 Å². The van der Waals surface area contributed by atoms with Gasteiger partial charge < -0.3 is 20.4 Å². The molecule has 2 aliphatic rings. The minimum Gasteiger partial charge on any atom is -0.468 e. The number of furan rings is 1. The summed E-state index contributed by atoms with van der Waals surface area (Å²) in [6.07, 6.45) is 6.68. The second-order valence-corrected chi connectivity index (χ2v) is 6.97. The molecule has 1 aromatic heterocycles. The van der Waals surface area contributed by atoms with Crippen molar-refractivity contribution in [1.82, 2.24) is 15.1 Å². The van der Waals surface area contributed by atoms with Crippen molar-refractivity contribution in [2.45, 2.75) is 38.1 Å². The Morgan fingerprint density at radius 3 is 2.52 bits per heavy atom. The van der Waals surface area contributed by atoms with Crippen LogP contribution in [0, 0.1) is 5.92 Å². The van der Waals surface area contributed by atoms with E-state index in [0.29, 0.717) is 32.5 Å². The van der Waals surface area contributed by atoms with Gasteiger partial charge in [-0.05, 0) is 50.9 Å². The van der Waals surface area contributed by atoms with Gasteiger partial charge in [0.15, 0.2) is 0 Å². The van der Waals surface area contributed by atoms with Crippen molar-refractivity contribution in [3.63, 3.8) is 0 Å². The van der Waals surface area contributed by atoms with Crippen LogP contribution in [0.5, 0.6) is 0 Å². The van der Waals surface area contributed by atoms with Gasteiger partial charge in [0.1, 0.15) is 5.76 Å². The summed E-state index contributed by atoms with van der Waals surface area (Å²) in [5.74, 6) is 0.928. The summed E-state index contributed by atoms with van der Waals surface area (Å²) in [4.78, 5) is 27.7. The second kappa shape index (κ2) is 8.38. The molecule has 3 amide bonds. The third-order valence-electron chi connectivity index (χ3n) is 5.35. The van der Waals surface area contributed by atoms with E-state index in [1.807, 2.05) is 12.1 Å². The van der Waals surface area contributed by atoms with E-state index in [9.17, 15) is 9.59 Å². The van der Waals surface area contributed by atoms with Gasteiger partial charge in [-0.2, -0.15) is 0 Å². The number of rotatable bonds is 5. The molecule has 2 aliphatic heterocycles. The maximum Gasteiger partial charge on any atom is 0.314 e. The Labute approximate surface area is 148 Å². The predicted octanol–water partition coefficient (Wildman–Crippen LogP) is 1.71. The standard InChI is InChI=1S/C18H28N4O3/c19-18(24)22-10-6-14(7-11-22)17(23)20-13-15(16-5-4-12-25-16)21-8-2-1-3-9-21/h4-5,12,14-15H,1-3,6-11,13H2,(H2,19,24)(H,20,23)/t15-/m0/s1. The average Bonchev–Trinajstić information content (AvgIpc) is 3.17. The first-order valence-electron chi connectivity index (χ1n) is 9.24. The fourth-order valence-corrected chi connectivity index (χ4v) is 3.82. The molecule has 3 heterocycles. The maximum atomic E-state index is 12.5. The lowest BCUT2D eigenvalue weighted by Gasteiger charge is -2.34. The molecular formula is C18H28N4O3. The Bertz CT molecular complexity index is 561. The van der Waals surface area contributed by atoms with Gasteiger partial charge in [-0.1, -0.05) is 6.42 Å². The number of likely N-dealkylation sites (tertiary alicyclic amines) is 2. The number of carbonyl (C=O) groups is 2. The lowest BCUT2D eigenvalue weighted by molar-refractivity contribution is -0.126. The van der Waals surface area contributed by atoms with Crippen molar-refractivity contribution in [2.75, 3.05) is 32.7 Å². The first-order chi connectivity index (χ1) is 12.1. The topological polar surface area (TPSA) is 91.8 Å². The Kier molecular flexibility index (Phi) is 5.96. The van der Waals surface area contributed by atoms with Gasteiger partial charge in [-0.25, -0.2) is 4.79 Å². The average molecular weight is 348 g/mol. The van der Waals surface area contributed by atoms with E-state index in [0.717, 1.165) is 18.8 Å². The van der Waals surface area contributed by atoms with Crippen LogP contribution in [-0.2, 0) is 4.79 Å². The third kappa shape index (κ3) is 4.54. The number of urea groups is 1. The molecule has 25 heavy (non-hydrogen) atoms. The first-order valence-corrected chi connectivity index (χ1v) is 9.24. The van der Waals surface area contributed by atoms with Crippen LogP contribution in [0.3, 0.4) is 0 Å². The molecule has 1 aromatic rings. The summed E-state index contributed by atoms with van der Waals surface area (Å²) in [6.45, 7) is 3.75. The molecule has 3 N–H and O–H groups in total. The SMILES string of the molecule is NC(=O)N1CCC(C(=O)NC[C@@H](c2ccco2)N2CCCCC2)CC1. The number of carbonyl (C=O) groups excluding carboxylic acids is 2. The van der Waals surface area contributed by atoms with Crippen LogP contribution in [-0.4, -0.2) is 54.5 Å². The number of primary amides is 1. The van der Waals surface area contributed by atoms with Gasteiger partial charge in [0.25, 0.3) is 0 Å². The molecule has 0 unspecified atom stereocenters. The van der Waals surface area contributed by atoms with E-state index < -0.39 is 6.03 Å². The molecule has 0 saturated carbocycles. The molecule has 3 rings (SSSR count). The summed E-state index contributed by atoms with van der Waals surface area (Å²) in [5.41, 5.74) is 5.29. The minimum absolute atomic E-state index is 0.0470. The van der Waals surface area contributed by atoms with Gasteiger partial charge in [0.05, 0.1) is 12.3 Å². The van der Waals surface area contributed by atoms with Crippen molar-refractivity contribution in [3.05, 3.63) is 24.2 Å². The van der Waals surface area contributed by atoms with Crippen LogP contribution in [0.2, 0.25) is 0 Å². The normalized spacial score (nSPS) is 21.0. The van der Waals surface area contributed by atoms with Crippen molar-refractivity contribution >= 4 is 11.9 Å². The Hall–Kier alpha value is -2.02. The highest BCUT2D eigenvalue weighted by molar-refractivity contribution is 5.79. The smallest absolute Gasteiger partial charge is 0.314 e. The Morgan fingerprint density at radius 1 is 1.20 bits per heavy atom. The zero-order valence-corrected chi connectivity index (χ0v) is 14.7. The van der Waals surface area contributed by atoms with E-state index in [-0.39, 0.29) is 17.9 Å². The molecular weight excluding hydrogens is 320 g/mol. The number of amides is 3. The van der Waals surface area contributed by atoms with Crippen LogP contribution in [0.15, 0.2) is 22.8 Å². The van der Waals surface area contributed by atoms with Crippen LogP contribution in [0.4, 0.5) is 4.79 Å². The largest absolute Gasteiger partial charge is 0.468 e. The summed E-state index contributed by atoms with van der Waals surface area (Å²) in [7, 11) is 0. The van der Waals surface area contributed by atoms with Crippen LogP contribution >= 0.6 is 0 Å². The van der Waals surface area contributed by atoms with Gasteiger partial charge in [-0.3, -0.25) is 9.69 Å². The Morgan fingerprint density at radius 2 is 1.92 bits per heavy atom. The zero-order chi connectivity index (χ0) is 17.6. The monoisotopic (exact) mass is 348 g/mol. The number of nitrogens with one attached hydrogen (secondary N) is 1. The summed E-state index contributed by atoms with van der Waals surface area (Å²) < 4.78 is 5.62. The minimum atomic E-state index is -0.401. The summed E-state index contributed by atoms with van der Waals surface area (Å²) in [6, 6.07) is 3.57. The van der Waals surface area contributed by atoms with Crippen molar-refractivity contribution < 1.29 is 14.0 Å². The Balaban J connectivity index is 1.54. The molecule has 0 aliphatic carbocycles. The number of piperidine rings is 2. The molecule has 7 heteroatoms. The number of nitrogens with zero attached hydrogens (tertiary/aromatic N) is 2. The summed E-state index contributed by atoms with van der Waals surface area (Å²) in [5, 5.41) is 3.11. The number of nitrogens with two attached hydrogens (primary N) is 1. The molecule has 0 radical (unpaired) electrons. The highest BCUT2D eigenvalue weighted by Crippen LogP contribution is 2.25. The van der Waals surface area contributed by atoms with Crippen molar-refractivity contribution in [2.24, 2.45) is 11.7 Å². The predicted molar refractivity (Wildman–Crippen MR) is 93.8 cm³/mol. The van der Waals surface area contributed by atoms with E-state index in [1.165, 1.54) is 19.3 Å². The molecule has 1 atom stereocenters. The molecule has 0 bridgehead atoms. The van der Waals surface area contributed by atoms with Gasteiger partial charge in [0, 0.05) is 25.6 Å². The van der Waals surface area contributed by atoms with Crippen molar-refractivity contribution in [3.8, 4) is 0 Å². The lowest BCUT2D eigenvalue weighted by Crippen LogP contribution is -2.46. The summed E-state index contributed by atoms with van der Waals surface area (Å²) >= 11 is 0. The molecule has 7 nitrogen and oxygen atoms in total. The number of hydrogen-bond donors (Lipinski definition) is 2. The second-order valence-electron chi connectivity index (χ2n) is 6.97. The maximum absolute atomic E-state index is 12.5. The third-order valence-corrected chi connectivity index (χ3v) is 5.35. The van der Waals surface area contributed by atoms with Gasteiger partial charge in [-0.15, -0.1) is 0 Å². The number of hydrogen-bond acceptors (Lipinski definition) is 4. The molecule has 0 aromatic carbocycles.